The fourth-order valence-corrected chi connectivity index (χ4v) is 4.13. The summed E-state index contributed by atoms with van der Waals surface area (Å²) in [5, 5.41) is 1.71. The Morgan fingerprint density at radius 3 is 2.81 bits per heavy atom. The minimum atomic E-state index is -3.95. The lowest BCUT2D eigenvalue weighted by Crippen LogP contribution is -2.16. The molecule has 2 heterocycles. The molecule has 0 fully saturated rings. The van der Waals surface area contributed by atoms with Crippen LogP contribution in [0.25, 0.3) is 0 Å². The van der Waals surface area contributed by atoms with Crippen molar-refractivity contribution in [3.05, 3.63) is 39.3 Å². The summed E-state index contributed by atoms with van der Waals surface area (Å²) in [7, 11) is -2.72. The number of carbonyl (C=O) groups is 1. The Kier molecular flexibility index (Phi) is 4.50. The standard InChI is InChI=1S/C12H11ClN2O4S2/c1-7-6-20-11(12(16)19-2)10(7)15-21(17,18)9-5-14-4-3-8(9)13/h3-6,15H,1-2H3. The summed E-state index contributed by atoms with van der Waals surface area (Å²) >= 11 is 6.97. The molecule has 0 saturated carbocycles. The summed E-state index contributed by atoms with van der Waals surface area (Å²) in [5.41, 5.74) is 0.802. The molecule has 2 aromatic rings. The number of carbonyl (C=O) groups excluding carboxylic acids is 1. The van der Waals surface area contributed by atoms with Crippen LogP contribution in [0.15, 0.2) is 28.7 Å². The van der Waals surface area contributed by atoms with E-state index >= 15 is 0 Å². The van der Waals surface area contributed by atoms with Gasteiger partial charge in [0.1, 0.15) is 9.77 Å². The molecule has 0 atom stereocenters. The van der Waals surface area contributed by atoms with Crippen LogP contribution in [0, 0.1) is 6.92 Å². The van der Waals surface area contributed by atoms with E-state index in [4.69, 9.17) is 11.6 Å². The van der Waals surface area contributed by atoms with Crippen molar-refractivity contribution in [1.82, 2.24) is 4.98 Å². The maximum absolute atomic E-state index is 12.4. The van der Waals surface area contributed by atoms with Crippen LogP contribution >= 0.6 is 22.9 Å². The number of ether oxygens (including phenoxy) is 1. The number of nitrogens with one attached hydrogen (secondary N) is 1. The summed E-state index contributed by atoms with van der Waals surface area (Å²) in [6, 6.07) is 1.37. The van der Waals surface area contributed by atoms with Crippen molar-refractivity contribution in [3.63, 3.8) is 0 Å². The molecule has 21 heavy (non-hydrogen) atoms. The third-order valence-electron chi connectivity index (χ3n) is 2.61. The van der Waals surface area contributed by atoms with Gasteiger partial charge in [0.05, 0.1) is 17.8 Å². The van der Waals surface area contributed by atoms with Gasteiger partial charge in [0, 0.05) is 12.4 Å². The van der Waals surface area contributed by atoms with Gasteiger partial charge in [0.25, 0.3) is 10.0 Å². The molecule has 0 saturated heterocycles. The number of nitrogens with zero attached hydrogens (tertiary/aromatic N) is 1. The molecule has 0 amide bonds. The molecule has 2 aromatic heterocycles. The Morgan fingerprint density at radius 1 is 1.48 bits per heavy atom. The van der Waals surface area contributed by atoms with Crippen LogP contribution in [0.5, 0.6) is 0 Å². The molecule has 9 heteroatoms. The second-order valence-electron chi connectivity index (χ2n) is 4.03. The van der Waals surface area contributed by atoms with Crippen LogP contribution in [0.2, 0.25) is 5.02 Å². The van der Waals surface area contributed by atoms with Crippen LogP contribution in [0.1, 0.15) is 15.2 Å². The molecule has 2 rings (SSSR count). The van der Waals surface area contributed by atoms with Crippen molar-refractivity contribution in [3.8, 4) is 0 Å². The van der Waals surface area contributed by atoms with Gasteiger partial charge in [-0.05, 0) is 23.9 Å². The Bertz CT molecular complexity index is 786. The highest BCUT2D eigenvalue weighted by molar-refractivity contribution is 7.92. The minimum Gasteiger partial charge on any atom is -0.465 e. The molecule has 1 N–H and O–H groups in total. The number of pyridine rings is 1. The van der Waals surface area contributed by atoms with Gasteiger partial charge < -0.3 is 4.74 Å². The fraction of sp³-hybridized carbons (Fsp3) is 0.167. The smallest absolute Gasteiger partial charge is 0.350 e. The van der Waals surface area contributed by atoms with Crippen LogP contribution in [-0.4, -0.2) is 26.5 Å². The predicted molar refractivity (Wildman–Crippen MR) is 80.5 cm³/mol. The van der Waals surface area contributed by atoms with Gasteiger partial charge in [-0.1, -0.05) is 11.6 Å². The fourth-order valence-electron chi connectivity index (χ4n) is 1.56. The van der Waals surface area contributed by atoms with Crippen molar-refractivity contribution >= 4 is 44.6 Å². The predicted octanol–water partition coefficient (Wildman–Crippen LogP) is 2.69. The van der Waals surface area contributed by atoms with Crippen molar-refractivity contribution in [2.75, 3.05) is 11.8 Å². The highest BCUT2D eigenvalue weighted by Gasteiger charge is 2.24. The van der Waals surface area contributed by atoms with E-state index in [1.54, 1.807) is 12.3 Å². The molecular formula is C12H11ClN2O4S2. The molecule has 0 aliphatic rings. The van der Waals surface area contributed by atoms with Gasteiger partial charge in [-0.15, -0.1) is 11.3 Å². The zero-order chi connectivity index (χ0) is 15.6. The first-order valence-corrected chi connectivity index (χ1v) is 8.39. The summed E-state index contributed by atoms with van der Waals surface area (Å²) in [4.78, 5) is 15.4. The monoisotopic (exact) mass is 346 g/mol. The molecule has 0 unspecified atom stereocenters. The topological polar surface area (TPSA) is 85.4 Å². The van der Waals surface area contributed by atoms with E-state index in [1.165, 1.54) is 19.4 Å². The van der Waals surface area contributed by atoms with E-state index in [2.05, 4.69) is 14.4 Å². The lowest BCUT2D eigenvalue weighted by Gasteiger charge is -2.10. The number of esters is 1. The van der Waals surface area contributed by atoms with E-state index in [-0.39, 0.29) is 20.5 Å². The first-order chi connectivity index (χ1) is 9.86. The quantitative estimate of drug-likeness (QED) is 0.860. The summed E-state index contributed by atoms with van der Waals surface area (Å²) in [5.74, 6) is -0.608. The van der Waals surface area contributed by atoms with Gasteiger partial charge in [-0.2, -0.15) is 0 Å². The lowest BCUT2D eigenvalue weighted by molar-refractivity contribution is 0.0607. The number of thiophene rings is 1. The number of aryl methyl sites for hydroxylation is 1. The van der Waals surface area contributed by atoms with E-state index in [9.17, 15) is 13.2 Å². The number of aromatic nitrogens is 1. The normalized spacial score (nSPS) is 11.2. The average molecular weight is 347 g/mol. The van der Waals surface area contributed by atoms with Gasteiger partial charge >= 0.3 is 5.97 Å². The maximum Gasteiger partial charge on any atom is 0.350 e. The van der Waals surface area contributed by atoms with E-state index in [1.807, 2.05) is 0 Å². The Hall–Kier alpha value is -1.64. The van der Waals surface area contributed by atoms with Gasteiger partial charge in [-0.3, -0.25) is 9.71 Å². The SMILES string of the molecule is COC(=O)c1scc(C)c1NS(=O)(=O)c1cnccc1Cl. The van der Waals surface area contributed by atoms with Crippen LogP contribution in [0.3, 0.4) is 0 Å². The highest BCUT2D eigenvalue weighted by Crippen LogP contribution is 2.31. The molecular weight excluding hydrogens is 336 g/mol. The second kappa shape index (κ2) is 6.00. The summed E-state index contributed by atoms with van der Waals surface area (Å²) < 4.78 is 31.7. The van der Waals surface area contributed by atoms with Crippen molar-refractivity contribution in [1.29, 1.82) is 0 Å². The zero-order valence-corrected chi connectivity index (χ0v) is 13.5. The molecule has 0 aliphatic carbocycles. The third kappa shape index (κ3) is 3.17. The number of halogens is 1. The third-order valence-corrected chi connectivity index (χ3v) is 5.50. The van der Waals surface area contributed by atoms with E-state index < -0.39 is 16.0 Å². The van der Waals surface area contributed by atoms with E-state index in [0.29, 0.717) is 5.56 Å². The Morgan fingerprint density at radius 2 is 2.19 bits per heavy atom. The number of anilines is 1. The van der Waals surface area contributed by atoms with Gasteiger partial charge in [0.15, 0.2) is 0 Å². The number of rotatable bonds is 4. The second-order valence-corrected chi connectivity index (χ2v) is 6.96. The van der Waals surface area contributed by atoms with Crippen molar-refractivity contribution in [2.45, 2.75) is 11.8 Å². The zero-order valence-electron chi connectivity index (χ0n) is 11.1. The molecule has 0 bridgehead atoms. The van der Waals surface area contributed by atoms with Crippen LogP contribution in [-0.2, 0) is 14.8 Å². The maximum atomic E-state index is 12.4. The largest absolute Gasteiger partial charge is 0.465 e. The van der Waals surface area contributed by atoms with Crippen molar-refractivity contribution < 1.29 is 17.9 Å². The van der Waals surface area contributed by atoms with Gasteiger partial charge in [0.2, 0.25) is 0 Å². The summed E-state index contributed by atoms with van der Waals surface area (Å²) in [6.45, 7) is 1.69. The molecule has 0 spiro atoms. The molecule has 6 nitrogen and oxygen atoms in total. The lowest BCUT2D eigenvalue weighted by atomic mass is 10.3. The molecule has 0 aliphatic heterocycles. The number of sulfonamides is 1. The van der Waals surface area contributed by atoms with Crippen LogP contribution in [0.4, 0.5) is 5.69 Å². The average Bonchev–Trinajstić information content (AvgIpc) is 2.79. The van der Waals surface area contributed by atoms with E-state index in [0.717, 1.165) is 17.5 Å². The molecule has 112 valence electrons. The molecule has 0 aromatic carbocycles. The first-order valence-electron chi connectivity index (χ1n) is 5.65. The summed E-state index contributed by atoms with van der Waals surface area (Å²) in [6.07, 6.45) is 2.53. The highest BCUT2D eigenvalue weighted by atomic mass is 35.5. The number of hydrogen-bond donors (Lipinski definition) is 1. The van der Waals surface area contributed by atoms with Crippen molar-refractivity contribution in [2.24, 2.45) is 0 Å². The minimum absolute atomic E-state index is 0.0463. The number of methoxy groups -OCH3 is 1. The van der Waals surface area contributed by atoms with Gasteiger partial charge in [-0.25, -0.2) is 13.2 Å². The first kappa shape index (κ1) is 15.7. The number of hydrogen-bond acceptors (Lipinski definition) is 6. The van der Waals surface area contributed by atoms with Crippen LogP contribution < -0.4 is 4.72 Å². The Labute approximate surface area is 130 Å². The molecule has 0 radical (unpaired) electrons. The Balaban J connectivity index is 2.45.